The number of nitrogens with two attached hydrogens (primary N) is 1. The molecule has 4 heteroatoms. The van der Waals surface area contributed by atoms with Crippen LogP contribution < -0.4 is 5.73 Å². The second kappa shape index (κ2) is 4.91. The van der Waals surface area contributed by atoms with E-state index in [0.29, 0.717) is 22.4 Å². The summed E-state index contributed by atoms with van der Waals surface area (Å²) in [6, 6.07) is 10.9. The van der Waals surface area contributed by atoms with E-state index in [1.165, 1.54) is 0 Å². The third-order valence-electron chi connectivity index (χ3n) is 2.30. The minimum absolute atomic E-state index is 0.203. The highest BCUT2D eigenvalue weighted by atomic mass is 35.5. The maximum atomic E-state index is 5.99. The predicted octanol–water partition coefficient (Wildman–Crippen LogP) is 3.83. The first-order chi connectivity index (χ1) is 7.65. The van der Waals surface area contributed by atoms with Gasteiger partial charge in [-0.15, -0.1) is 0 Å². The topological polar surface area (TPSA) is 39.2 Å². The molecule has 0 saturated heterocycles. The Hall–Kier alpha value is -0.960. The highest BCUT2D eigenvalue weighted by molar-refractivity contribution is 6.30. The van der Waals surface area contributed by atoms with Crippen molar-refractivity contribution in [2.75, 3.05) is 0 Å². The Morgan fingerprint density at radius 1 is 1.19 bits per heavy atom. The molecule has 2 nitrogen and oxygen atoms in total. The molecular weight excluding hydrogens is 245 g/mol. The highest BCUT2D eigenvalue weighted by Gasteiger charge is 2.11. The molecule has 0 aliphatic carbocycles. The van der Waals surface area contributed by atoms with Crippen molar-refractivity contribution in [3.63, 3.8) is 0 Å². The minimum atomic E-state index is -0.203. The van der Waals surface area contributed by atoms with E-state index in [9.17, 15) is 0 Å². The molecule has 0 radical (unpaired) electrons. The molecule has 0 fully saturated rings. The minimum Gasteiger partial charge on any atom is -0.448 e. The summed E-state index contributed by atoms with van der Waals surface area (Å²) >= 11 is 11.6. The van der Waals surface area contributed by atoms with Gasteiger partial charge in [-0.25, -0.2) is 0 Å². The van der Waals surface area contributed by atoms with Crippen molar-refractivity contribution in [3.8, 4) is 0 Å². The van der Waals surface area contributed by atoms with Crippen LogP contribution in [0.4, 0.5) is 0 Å². The Bertz CT molecular complexity index is 481. The van der Waals surface area contributed by atoms with E-state index in [-0.39, 0.29) is 6.04 Å². The number of hydrogen-bond acceptors (Lipinski definition) is 2. The number of benzene rings is 1. The number of furan rings is 1. The van der Waals surface area contributed by atoms with E-state index < -0.39 is 0 Å². The van der Waals surface area contributed by atoms with E-state index >= 15 is 0 Å². The molecule has 1 aromatic heterocycles. The molecule has 0 aliphatic heterocycles. The summed E-state index contributed by atoms with van der Waals surface area (Å²) in [6.07, 6.45) is 0.671. The smallest absolute Gasteiger partial charge is 0.193 e. The molecule has 2 aromatic rings. The van der Waals surface area contributed by atoms with Gasteiger partial charge in [-0.2, -0.15) is 0 Å². The quantitative estimate of drug-likeness (QED) is 0.906. The van der Waals surface area contributed by atoms with Gasteiger partial charge in [-0.1, -0.05) is 23.7 Å². The maximum absolute atomic E-state index is 5.99. The van der Waals surface area contributed by atoms with Gasteiger partial charge in [0.05, 0.1) is 6.04 Å². The Morgan fingerprint density at radius 3 is 2.62 bits per heavy atom. The van der Waals surface area contributed by atoms with Crippen LogP contribution in [-0.2, 0) is 6.42 Å². The zero-order valence-electron chi connectivity index (χ0n) is 8.49. The van der Waals surface area contributed by atoms with E-state index in [1.54, 1.807) is 12.1 Å². The standard InChI is InChI=1S/C12H11Cl2NO/c13-9-3-1-2-8(6-9)7-10(15)11-4-5-12(14)16-11/h1-6,10H,7,15H2. The Kier molecular flexibility index (Phi) is 3.54. The lowest BCUT2D eigenvalue weighted by molar-refractivity contribution is 0.466. The van der Waals surface area contributed by atoms with Gasteiger partial charge in [0.15, 0.2) is 5.22 Å². The summed E-state index contributed by atoms with van der Waals surface area (Å²) in [6.45, 7) is 0. The molecule has 0 spiro atoms. The normalized spacial score (nSPS) is 12.7. The molecule has 1 atom stereocenters. The fraction of sp³-hybridized carbons (Fsp3) is 0.167. The van der Waals surface area contributed by atoms with Crippen LogP contribution in [0.1, 0.15) is 17.4 Å². The van der Waals surface area contributed by atoms with Gasteiger partial charge in [0.25, 0.3) is 0 Å². The van der Waals surface area contributed by atoms with E-state index in [4.69, 9.17) is 33.4 Å². The van der Waals surface area contributed by atoms with Gasteiger partial charge in [0.1, 0.15) is 5.76 Å². The number of hydrogen-bond donors (Lipinski definition) is 1. The molecule has 0 amide bonds. The molecule has 0 aliphatic rings. The van der Waals surface area contributed by atoms with Crippen molar-refractivity contribution in [1.29, 1.82) is 0 Å². The number of rotatable bonds is 3. The third kappa shape index (κ3) is 2.79. The summed E-state index contributed by atoms with van der Waals surface area (Å²) in [7, 11) is 0. The molecule has 1 unspecified atom stereocenters. The lowest BCUT2D eigenvalue weighted by Crippen LogP contribution is -2.12. The van der Waals surface area contributed by atoms with Crippen LogP contribution in [0, 0.1) is 0 Å². The molecule has 2 N–H and O–H groups in total. The monoisotopic (exact) mass is 255 g/mol. The van der Waals surface area contributed by atoms with Crippen LogP contribution in [0.15, 0.2) is 40.8 Å². The molecular formula is C12H11Cl2NO. The first kappa shape index (κ1) is 11.5. The van der Waals surface area contributed by atoms with Crippen molar-refractivity contribution in [3.05, 3.63) is 58.0 Å². The van der Waals surface area contributed by atoms with Gasteiger partial charge in [-0.05, 0) is 47.9 Å². The van der Waals surface area contributed by atoms with Crippen LogP contribution in [-0.4, -0.2) is 0 Å². The van der Waals surface area contributed by atoms with Gasteiger partial charge in [0, 0.05) is 5.02 Å². The second-order valence-electron chi connectivity index (χ2n) is 3.58. The summed E-state index contributed by atoms with van der Waals surface area (Å²) in [4.78, 5) is 0. The summed E-state index contributed by atoms with van der Waals surface area (Å²) in [5, 5.41) is 1.07. The molecule has 2 rings (SSSR count). The van der Waals surface area contributed by atoms with Gasteiger partial charge in [-0.3, -0.25) is 0 Å². The predicted molar refractivity (Wildman–Crippen MR) is 65.8 cm³/mol. The first-order valence-corrected chi connectivity index (χ1v) is 5.66. The fourth-order valence-electron chi connectivity index (χ4n) is 1.55. The van der Waals surface area contributed by atoms with Crippen molar-refractivity contribution < 1.29 is 4.42 Å². The van der Waals surface area contributed by atoms with Gasteiger partial charge >= 0.3 is 0 Å². The SMILES string of the molecule is NC(Cc1cccc(Cl)c1)c1ccc(Cl)o1. The molecule has 16 heavy (non-hydrogen) atoms. The molecule has 0 bridgehead atoms. The second-order valence-corrected chi connectivity index (χ2v) is 4.39. The summed E-state index contributed by atoms with van der Waals surface area (Å²) in [5.74, 6) is 0.685. The van der Waals surface area contributed by atoms with E-state index in [0.717, 1.165) is 5.56 Å². The van der Waals surface area contributed by atoms with Crippen molar-refractivity contribution in [1.82, 2.24) is 0 Å². The van der Waals surface area contributed by atoms with Crippen LogP contribution in [0.5, 0.6) is 0 Å². The largest absolute Gasteiger partial charge is 0.448 e. The van der Waals surface area contributed by atoms with Crippen LogP contribution >= 0.6 is 23.2 Å². The highest BCUT2D eigenvalue weighted by Crippen LogP contribution is 2.22. The van der Waals surface area contributed by atoms with E-state index in [2.05, 4.69) is 0 Å². The Balaban J connectivity index is 2.10. The fourth-order valence-corrected chi connectivity index (χ4v) is 1.91. The third-order valence-corrected chi connectivity index (χ3v) is 2.74. The zero-order chi connectivity index (χ0) is 11.5. The zero-order valence-corrected chi connectivity index (χ0v) is 10.0. The lowest BCUT2D eigenvalue weighted by Gasteiger charge is -2.08. The van der Waals surface area contributed by atoms with E-state index in [1.807, 2.05) is 24.3 Å². The van der Waals surface area contributed by atoms with Crippen LogP contribution in [0.25, 0.3) is 0 Å². The van der Waals surface area contributed by atoms with Crippen molar-refractivity contribution >= 4 is 23.2 Å². The number of halogens is 2. The summed E-state index contributed by atoms with van der Waals surface area (Å²) < 4.78 is 5.26. The summed E-state index contributed by atoms with van der Waals surface area (Å²) in [5.41, 5.74) is 7.07. The molecule has 1 aromatic carbocycles. The molecule has 84 valence electrons. The lowest BCUT2D eigenvalue weighted by atomic mass is 10.1. The molecule has 1 heterocycles. The first-order valence-electron chi connectivity index (χ1n) is 4.90. The van der Waals surface area contributed by atoms with Crippen molar-refractivity contribution in [2.45, 2.75) is 12.5 Å². The Morgan fingerprint density at radius 2 is 2.00 bits per heavy atom. The van der Waals surface area contributed by atoms with Crippen LogP contribution in [0.3, 0.4) is 0 Å². The van der Waals surface area contributed by atoms with Gasteiger partial charge in [0.2, 0.25) is 0 Å². The average Bonchev–Trinajstić information content (AvgIpc) is 2.65. The van der Waals surface area contributed by atoms with Crippen molar-refractivity contribution in [2.24, 2.45) is 5.73 Å². The maximum Gasteiger partial charge on any atom is 0.193 e. The van der Waals surface area contributed by atoms with Gasteiger partial charge < -0.3 is 10.2 Å². The average molecular weight is 256 g/mol. The molecule has 0 saturated carbocycles. The van der Waals surface area contributed by atoms with Crippen LogP contribution in [0.2, 0.25) is 10.2 Å². The Labute approximate surface area is 104 Å².